The maximum Gasteiger partial charge on any atom is 0.569 e. The number of nitrogens with two attached hydrogens (primary N) is 2. The van der Waals surface area contributed by atoms with Crippen LogP contribution in [0.1, 0.15) is 29.9 Å². The summed E-state index contributed by atoms with van der Waals surface area (Å²) < 4.78 is 79.4. The zero-order valence-electron chi connectivity index (χ0n) is 20.5. The largest absolute Gasteiger partial charge is 0.569 e. The lowest BCUT2D eigenvalue weighted by Gasteiger charge is -2.10. The van der Waals surface area contributed by atoms with Crippen molar-refractivity contribution in [3.63, 3.8) is 0 Å². The molecule has 0 spiro atoms. The van der Waals surface area contributed by atoms with E-state index < -0.39 is 23.5 Å². The van der Waals surface area contributed by atoms with E-state index >= 15 is 0 Å². The number of anilines is 2. The first kappa shape index (κ1) is 34.8. The fraction of sp³-hybridized carbons (Fsp3) is 0.217. The average Bonchev–Trinajstić information content (AvgIpc) is 2.85. The van der Waals surface area contributed by atoms with E-state index in [2.05, 4.69) is 34.6 Å². The second-order valence-corrected chi connectivity index (χ2v) is 7.77. The van der Waals surface area contributed by atoms with E-state index in [0.717, 1.165) is 18.3 Å². The van der Waals surface area contributed by atoms with Gasteiger partial charge in [0.1, 0.15) is 17.4 Å². The van der Waals surface area contributed by atoms with E-state index in [1.54, 1.807) is 6.07 Å². The SMILES string of the molecule is C.Cc1ncc(-c2nccc(N)n2)cc1C(F)(F)F.Cc1ncc(O[B]O)cc1C(F)(F)F.Nc1ccnc(Cl)n1. The third-order valence-corrected chi connectivity index (χ3v) is 4.71. The highest BCUT2D eigenvalue weighted by molar-refractivity contribution is 6.28. The Kier molecular flexibility index (Phi) is 12.7. The van der Waals surface area contributed by atoms with Crippen molar-refractivity contribution < 1.29 is 36.0 Å². The summed E-state index contributed by atoms with van der Waals surface area (Å²) in [4.78, 5) is 22.1. The highest BCUT2D eigenvalue weighted by Gasteiger charge is 2.34. The molecule has 0 saturated carbocycles. The normalized spacial score (nSPS) is 10.7. The van der Waals surface area contributed by atoms with E-state index in [9.17, 15) is 26.3 Å². The lowest BCUT2D eigenvalue weighted by Crippen LogP contribution is -2.10. The zero-order chi connectivity index (χ0) is 30.1. The molecule has 41 heavy (non-hydrogen) atoms. The van der Waals surface area contributed by atoms with Crippen LogP contribution in [0.5, 0.6) is 5.75 Å². The van der Waals surface area contributed by atoms with Gasteiger partial charge in [-0.25, -0.2) is 19.9 Å². The Morgan fingerprint density at radius 1 is 0.805 bits per heavy atom. The number of pyridine rings is 2. The molecule has 0 bridgehead atoms. The van der Waals surface area contributed by atoms with Gasteiger partial charge in [-0.05, 0) is 49.7 Å². The molecule has 4 rings (SSSR count). The Bertz CT molecular complexity index is 1410. The average molecular weight is 604 g/mol. The van der Waals surface area contributed by atoms with Gasteiger partial charge in [-0.2, -0.15) is 26.3 Å². The summed E-state index contributed by atoms with van der Waals surface area (Å²) in [7, 11) is 0.298. The van der Waals surface area contributed by atoms with Crippen LogP contribution in [0, 0.1) is 13.8 Å². The van der Waals surface area contributed by atoms with Gasteiger partial charge < -0.3 is 21.1 Å². The third kappa shape index (κ3) is 11.0. The minimum Gasteiger partial charge on any atom is -0.536 e. The summed E-state index contributed by atoms with van der Waals surface area (Å²) >= 11 is 5.34. The third-order valence-electron chi connectivity index (χ3n) is 4.53. The summed E-state index contributed by atoms with van der Waals surface area (Å²) in [5, 5.41) is 8.41. The molecule has 10 nitrogen and oxygen atoms in total. The van der Waals surface area contributed by atoms with E-state index in [1.807, 2.05) is 0 Å². The maximum atomic E-state index is 12.7. The molecule has 0 amide bonds. The van der Waals surface area contributed by atoms with Crippen LogP contribution in [0.3, 0.4) is 0 Å². The van der Waals surface area contributed by atoms with E-state index in [1.165, 1.54) is 38.5 Å². The Labute approximate surface area is 236 Å². The van der Waals surface area contributed by atoms with Crippen molar-refractivity contribution in [3.8, 4) is 17.1 Å². The molecule has 0 aliphatic heterocycles. The number of rotatable bonds is 3. The number of halogens is 7. The molecule has 0 fully saturated rings. The number of aryl methyl sites for hydroxylation is 2. The summed E-state index contributed by atoms with van der Waals surface area (Å²) in [5.74, 6) is 0.539. The predicted octanol–water partition coefficient (Wildman–Crippen LogP) is 5.11. The molecule has 4 aromatic rings. The fourth-order valence-corrected chi connectivity index (χ4v) is 2.88. The van der Waals surface area contributed by atoms with Crippen molar-refractivity contribution in [1.82, 2.24) is 29.9 Å². The number of nitrogen functional groups attached to an aromatic ring is 2. The minimum absolute atomic E-state index is 0. The molecule has 1 radical (unpaired) electrons. The first-order chi connectivity index (χ1) is 18.6. The van der Waals surface area contributed by atoms with Gasteiger partial charge in [0.25, 0.3) is 0 Å². The van der Waals surface area contributed by atoms with Crippen LogP contribution in [-0.4, -0.2) is 42.6 Å². The topological polar surface area (TPSA) is 159 Å². The van der Waals surface area contributed by atoms with E-state index in [0.29, 0.717) is 13.5 Å². The van der Waals surface area contributed by atoms with Gasteiger partial charge in [0, 0.05) is 35.5 Å². The molecule has 0 aliphatic carbocycles. The van der Waals surface area contributed by atoms with Crippen molar-refractivity contribution in [2.24, 2.45) is 0 Å². The number of nitrogens with zero attached hydrogens (tertiary/aromatic N) is 6. The molecule has 0 atom stereocenters. The van der Waals surface area contributed by atoms with Gasteiger partial charge in [0.05, 0.1) is 17.3 Å². The number of alkyl halides is 6. The predicted molar refractivity (Wildman–Crippen MR) is 140 cm³/mol. The first-order valence-corrected chi connectivity index (χ1v) is 11.0. The van der Waals surface area contributed by atoms with Gasteiger partial charge in [0.15, 0.2) is 5.82 Å². The smallest absolute Gasteiger partial charge is 0.536 e. The molecular weight excluding hydrogens is 581 g/mol. The van der Waals surface area contributed by atoms with Gasteiger partial charge in [-0.15, -0.1) is 0 Å². The van der Waals surface area contributed by atoms with Crippen molar-refractivity contribution in [2.75, 3.05) is 11.5 Å². The first-order valence-electron chi connectivity index (χ1n) is 10.6. The van der Waals surface area contributed by atoms with Crippen molar-refractivity contribution >= 4 is 30.9 Å². The minimum atomic E-state index is -4.47. The molecule has 4 heterocycles. The number of hydrogen-bond acceptors (Lipinski definition) is 10. The second kappa shape index (κ2) is 14.9. The van der Waals surface area contributed by atoms with Gasteiger partial charge in [0.2, 0.25) is 5.28 Å². The molecule has 18 heteroatoms. The van der Waals surface area contributed by atoms with Crippen molar-refractivity contribution in [3.05, 3.63) is 76.9 Å². The van der Waals surface area contributed by atoms with Crippen LogP contribution in [0.15, 0.2) is 49.1 Å². The Morgan fingerprint density at radius 2 is 1.32 bits per heavy atom. The monoisotopic (exact) mass is 603 g/mol. The summed E-state index contributed by atoms with van der Waals surface area (Å²) in [6, 6.07) is 4.77. The molecule has 0 saturated heterocycles. The molecular formula is C23H23BClF6N8O2. The van der Waals surface area contributed by atoms with Crippen molar-refractivity contribution in [1.29, 1.82) is 0 Å². The number of aromatic nitrogens is 6. The van der Waals surface area contributed by atoms with E-state index in [-0.39, 0.29) is 47.1 Å². The quantitative estimate of drug-likeness (QED) is 0.163. The number of hydrogen-bond donors (Lipinski definition) is 3. The van der Waals surface area contributed by atoms with Crippen molar-refractivity contribution in [2.45, 2.75) is 33.6 Å². The zero-order valence-corrected chi connectivity index (χ0v) is 21.3. The molecule has 0 aromatic carbocycles. The molecule has 4 aromatic heterocycles. The van der Waals surface area contributed by atoms with Crippen LogP contribution in [-0.2, 0) is 12.4 Å². The molecule has 219 valence electrons. The van der Waals surface area contributed by atoms with Gasteiger partial charge >= 0.3 is 20.0 Å². The summed E-state index contributed by atoms with van der Waals surface area (Å²) in [6.45, 7) is 2.54. The lowest BCUT2D eigenvalue weighted by atomic mass is 10.1. The van der Waals surface area contributed by atoms with Crippen LogP contribution < -0.4 is 16.1 Å². The fourth-order valence-electron chi connectivity index (χ4n) is 2.73. The summed E-state index contributed by atoms with van der Waals surface area (Å²) in [5.41, 5.74) is 8.96. The Balaban J connectivity index is 0.000000325. The second-order valence-electron chi connectivity index (χ2n) is 7.44. The standard InChI is InChI=1S/C11H9F3N4.C7H6BF3NO2.C4H4ClN3.CH4/c1-6-8(11(12,13)14)4-7(5-17-6)10-16-3-2-9(15)18-10;1-4-6(7(9,10)11)2-5(3-12-4)14-8-13;5-4-7-2-1-3(6)8-4;/h2-5H,1H3,(H2,15,16,18);2-3,13H,1H3;1-2H,(H2,6,7,8);1H4. The highest BCUT2D eigenvalue weighted by Crippen LogP contribution is 2.34. The maximum absolute atomic E-state index is 12.7. The van der Waals surface area contributed by atoms with Crippen LogP contribution in [0.25, 0.3) is 11.4 Å². The Hall–Kier alpha value is -4.25. The molecule has 0 unspecified atom stereocenters. The van der Waals surface area contributed by atoms with Crippen LogP contribution in [0.4, 0.5) is 38.0 Å². The molecule has 0 aliphatic rings. The van der Waals surface area contributed by atoms with Gasteiger partial charge in [-0.1, -0.05) is 7.43 Å². The Morgan fingerprint density at radius 3 is 1.78 bits per heavy atom. The molecule has 5 N–H and O–H groups in total. The van der Waals surface area contributed by atoms with E-state index in [4.69, 9.17) is 28.1 Å². The van der Waals surface area contributed by atoms with Gasteiger partial charge in [-0.3, -0.25) is 9.97 Å². The van der Waals surface area contributed by atoms with Crippen LogP contribution >= 0.6 is 11.6 Å². The highest BCUT2D eigenvalue weighted by atomic mass is 35.5. The van der Waals surface area contributed by atoms with Crippen LogP contribution in [0.2, 0.25) is 5.28 Å². The lowest BCUT2D eigenvalue weighted by molar-refractivity contribution is -0.139. The summed E-state index contributed by atoms with van der Waals surface area (Å²) in [6.07, 6.45) is -3.65.